The van der Waals surface area contributed by atoms with Crippen LogP contribution in [-0.2, 0) is 32.0 Å². The van der Waals surface area contributed by atoms with E-state index in [2.05, 4.69) is 10.6 Å². The van der Waals surface area contributed by atoms with Crippen LogP contribution < -0.4 is 24.7 Å². The second-order valence-corrected chi connectivity index (χ2v) is 3.49. The molecule has 0 radical (unpaired) electrons. The molecule has 0 bridgehead atoms. The van der Waals surface area contributed by atoms with E-state index in [4.69, 9.17) is 0 Å². The fourth-order valence-corrected chi connectivity index (χ4v) is 0.986. The number of allylic oxidation sites excluding steroid dienone is 2. The Bertz CT molecular complexity index is 261. The van der Waals surface area contributed by atoms with Crippen molar-refractivity contribution < 1.29 is 46.1 Å². The maximum atomic E-state index is 10.7. The number of hydrogen-bond acceptors (Lipinski definition) is 4. The molecule has 0 aliphatic rings. The predicted molar refractivity (Wildman–Crippen MR) is 76.7 cm³/mol. The Morgan fingerprint density at radius 1 is 0.773 bits per heavy atom. The molecule has 2 N–H and O–H groups in total. The van der Waals surface area contributed by atoms with Gasteiger partial charge >= 0.3 is 22.4 Å². The van der Waals surface area contributed by atoms with Gasteiger partial charge in [-0.2, -0.15) is 0 Å². The van der Waals surface area contributed by atoms with Crippen LogP contribution in [0.4, 0.5) is 0 Å². The summed E-state index contributed by atoms with van der Waals surface area (Å²) in [5, 5.41) is 5.86. The summed E-state index contributed by atoms with van der Waals surface area (Å²) in [6.07, 6.45) is 6.64. The van der Waals surface area contributed by atoms with Crippen molar-refractivity contribution in [2.45, 2.75) is 27.7 Å². The molecule has 0 aromatic heterocycles. The van der Waals surface area contributed by atoms with Crippen LogP contribution in [-0.4, -0.2) is 37.7 Å². The molecule has 0 heterocycles. The number of carbonyl (C=O) groups excluding carboxylic acids is 2. The number of hydrogen-bond donors (Lipinski definition) is 2. The Morgan fingerprint density at radius 2 is 1.05 bits per heavy atom. The minimum absolute atomic E-state index is 0. The summed E-state index contributed by atoms with van der Waals surface area (Å²) < 4.78 is 0. The van der Waals surface area contributed by atoms with Crippen molar-refractivity contribution >= 4 is 11.6 Å². The van der Waals surface area contributed by atoms with E-state index in [9.17, 15) is 9.59 Å². The SMILES string of the molecule is CC=CC(=O)CNCC.CC=CC(=O)CNCC.[F-].[F-].[F-].[Ta+3]. The van der Waals surface area contributed by atoms with Crippen LogP contribution >= 0.6 is 0 Å². The summed E-state index contributed by atoms with van der Waals surface area (Å²) in [6.45, 7) is 10.2. The van der Waals surface area contributed by atoms with E-state index in [0.29, 0.717) is 13.1 Å². The average molecular weight is 492 g/mol. The summed E-state index contributed by atoms with van der Waals surface area (Å²) in [6, 6.07) is 0. The van der Waals surface area contributed by atoms with Crippen molar-refractivity contribution in [3.8, 4) is 0 Å². The second kappa shape index (κ2) is 32.3. The van der Waals surface area contributed by atoms with Gasteiger partial charge in [0.1, 0.15) is 0 Å². The molecule has 0 aliphatic heterocycles. The third-order valence-corrected chi connectivity index (χ3v) is 1.80. The Morgan fingerprint density at radius 3 is 1.23 bits per heavy atom. The number of rotatable bonds is 8. The van der Waals surface area contributed by atoms with Crippen LogP contribution in [0.25, 0.3) is 0 Å². The molecule has 0 atom stereocenters. The number of carbonyl (C=O) groups is 2. The number of halogens is 3. The average Bonchev–Trinajstić information content (AvgIpc) is 2.35. The van der Waals surface area contributed by atoms with Crippen molar-refractivity contribution in [2.24, 2.45) is 0 Å². The molecular formula is C14H26F3N2O2Ta. The number of ketones is 2. The largest absolute Gasteiger partial charge is 3.00 e. The Hall–Kier alpha value is -0.730. The molecule has 0 rings (SSSR count). The minimum atomic E-state index is 0. The molecule has 0 aromatic carbocycles. The smallest absolute Gasteiger partial charge is 1.00 e. The predicted octanol–water partition coefficient (Wildman–Crippen LogP) is -7.51. The van der Waals surface area contributed by atoms with Crippen molar-refractivity contribution in [3.63, 3.8) is 0 Å². The third kappa shape index (κ3) is 36.5. The van der Waals surface area contributed by atoms with Crippen LogP contribution in [0.15, 0.2) is 24.3 Å². The molecule has 0 spiro atoms. The summed E-state index contributed by atoms with van der Waals surface area (Å²) in [7, 11) is 0. The summed E-state index contributed by atoms with van der Waals surface area (Å²) >= 11 is 0. The normalized spacial score (nSPS) is 8.55. The van der Waals surface area contributed by atoms with Crippen molar-refractivity contribution in [2.75, 3.05) is 26.2 Å². The van der Waals surface area contributed by atoms with E-state index in [-0.39, 0.29) is 48.1 Å². The van der Waals surface area contributed by atoms with E-state index >= 15 is 0 Å². The standard InChI is InChI=1S/2C7H13NO.3FH.Ta/c2*1-3-5-7(9)6-8-4-2;;;;/h2*3,5,8H,4,6H2,1-2H3;3*1H;/q;;;;;+3/p-3. The van der Waals surface area contributed by atoms with Crippen molar-refractivity contribution in [1.82, 2.24) is 10.6 Å². The third-order valence-electron chi connectivity index (χ3n) is 1.80. The molecule has 22 heavy (non-hydrogen) atoms. The quantitative estimate of drug-likeness (QED) is 0.331. The number of nitrogens with one attached hydrogen (secondary N) is 2. The van der Waals surface area contributed by atoms with Gasteiger partial charge in [-0.3, -0.25) is 9.59 Å². The van der Waals surface area contributed by atoms with Gasteiger partial charge in [-0.05, 0) is 39.1 Å². The maximum absolute atomic E-state index is 10.7. The van der Waals surface area contributed by atoms with Crippen LogP contribution in [0.3, 0.4) is 0 Å². The first-order valence-electron chi connectivity index (χ1n) is 6.34. The molecule has 0 aliphatic carbocycles. The van der Waals surface area contributed by atoms with Gasteiger partial charge in [-0.25, -0.2) is 0 Å². The van der Waals surface area contributed by atoms with Crippen molar-refractivity contribution in [3.05, 3.63) is 24.3 Å². The minimum Gasteiger partial charge on any atom is -1.00 e. The fraction of sp³-hybridized carbons (Fsp3) is 0.571. The summed E-state index contributed by atoms with van der Waals surface area (Å²) in [5.74, 6) is 0.277. The molecule has 0 saturated carbocycles. The van der Waals surface area contributed by atoms with Gasteiger partial charge in [0, 0.05) is 0 Å². The Balaban J connectivity index is -0.0000000492. The second-order valence-electron chi connectivity index (χ2n) is 3.49. The van der Waals surface area contributed by atoms with Crippen LogP contribution in [0.2, 0.25) is 0 Å². The van der Waals surface area contributed by atoms with Crippen LogP contribution in [0.1, 0.15) is 27.7 Å². The van der Waals surface area contributed by atoms with Gasteiger partial charge in [-0.15, -0.1) is 0 Å². The summed E-state index contributed by atoms with van der Waals surface area (Å²) in [5.41, 5.74) is 0. The Labute approximate surface area is 146 Å². The van der Waals surface area contributed by atoms with Gasteiger partial charge in [0.25, 0.3) is 0 Å². The zero-order valence-electron chi connectivity index (χ0n) is 13.5. The zero-order valence-corrected chi connectivity index (χ0v) is 16.7. The van der Waals surface area contributed by atoms with Gasteiger partial charge in [-0.1, -0.05) is 26.0 Å². The topological polar surface area (TPSA) is 58.2 Å². The van der Waals surface area contributed by atoms with Gasteiger partial charge in [0.2, 0.25) is 0 Å². The van der Waals surface area contributed by atoms with E-state index in [0.717, 1.165) is 13.1 Å². The van der Waals surface area contributed by atoms with E-state index < -0.39 is 0 Å². The Kier molecular flexibility index (Phi) is 55.0. The van der Waals surface area contributed by atoms with Crippen LogP contribution in [0, 0.1) is 0 Å². The van der Waals surface area contributed by atoms with Gasteiger partial charge in [0.05, 0.1) is 13.1 Å². The molecule has 0 amide bonds. The molecule has 130 valence electrons. The first-order valence-corrected chi connectivity index (χ1v) is 6.34. The maximum Gasteiger partial charge on any atom is 3.00 e. The first-order chi connectivity index (χ1) is 8.62. The van der Waals surface area contributed by atoms with Gasteiger partial charge < -0.3 is 24.7 Å². The zero-order chi connectivity index (χ0) is 14.2. The fourth-order valence-electron chi connectivity index (χ4n) is 0.986. The van der Waals surface area contributed by atoms with E-state index in [1.807, 2.05) is 27.7 Å². The molecule has 8 heteroatoms. The van der Waals surface area contributed by atoms with Gasteiger partial charge in [0.15, 0.2) is 11.6 Å². The molecule has 0 saturated heterocycles. The summed E-state index contributed by atoms with van der Waals surface area (Å²) in [4.78, 5) is 21.3. The molecule has 0 aromatic rings. The number of likely N-dealkylation sites (N-methyl/N-ethyl adjacent to an activating group) is 2. The molecule has 0 fully saturated rings. The molecule has 0 unspecified atom stereocenters. The van der Waals surface area contributed by atoms with E-state index in [1.165, 1.54) is 0 Å². The molecular weight excluding hydrogens is 466 g/mol. The van der Waals surface area contributed by atoms with Crippen molar-refractivity contribution in [1.29, 1.82) is 0 Å². The monoisotopic (exact) mass is 492 g/mol. The van der Waals surface area contributed by atoms with Crippen LogP contribution in [0.5, 0.6) is 0 Å². The first kappa shape index (κ1) is 37.5. The van der Waals surface area contributed by atoms with E-state index in [1.54, 1.807) is 24.3 Å². The molecule has 4 nitrogen and oxygen atoms in total.